The van der Waals surface area contributed by atoms with Gasteiger partial charge in [0.1, 0.15) is 17.2 Å². The normalized spacial score (nSPS) is 24.6. The van der Waals surface area contributed by atoms with E-state index in [1.165, 1.54) is 12.1 Å². The smallest absolute Gasteiger partial charge is 0.261 e. The van der Waals surface area contributed by atoms with Crippen molar-refractivity contribution in [2.24, 2.45) is 0 Å². The lowest BCUT2D eigenvalue weighted by Crippen LogP contribution is -2.59. The number of nitrogens with one attached hydrogen (secondary N) is 3. The van der Waals surface area contributed by atoms with Crippen LogP contribution in [0.15, 0.2) is 30.9 Å². The molecule has 2 amide bonds. The van der Waals surface area contributed by atoms with Gasteiger partial charge in [0.05, 0.1) is 30.6 Å². The third-order valence-corrected chi connectivity index (χ3v) is 8.60. The number of rotatable bonds is 7. The molecule has 218 valence electrons. The van der Waals surface area contributed by atoms with Gasteiger partial charge in [-0.15, -0.1) is 0 Å². The van der Waals surface area contributed by atoms with Gasteiger partial charge < -0.3 is 30.5 Å². The van der Waals surface area contributed by atoms with E-state index in [1.807, 2.05) is 6.92 Å². The van der Waals surface area contributed by atoms with Gasteiger partial charge in [-0.3, -0.25) is 14.5 Å². The number of pyridine rings is 1. The number of piperazine rings is 1. The maximum atomic E-state index is 15.4. The van der Waals surface area contributed by atoms with Gasteiger partial charge in [0.15, 0.2) is 11.6 Å². The molecule has 0 bridgehead atoms. The summed E-state index contributed by atoms with van der Waals surface area (Å²) in [4.78, 5) is 35.1. The fraction of sp³-hybridized carbons (Fsp3) is 0.483. The summed E-state index contributed by atoms with van der Waals surface area (Å²) in [6.07, 6.45) is 2.72. The lowest BCUT2D eigenvalue weighted by molar-refractivity contribution is -0.129. The molecule has 0 aliphatic carbocycles. The Morgan fingerprint density at radius 1 is 1.15 bits per heavy atom. The molecule has 1 aromatic carbocycles. The van der Waals surface area contributed by atoms with E-state index in [0.717, 1.165) is 32.7 Å². The summed E-state index contributed by atoms with van der Waals surface area (Å²) in [6.45, 7) is 11.9. The van der Waals surface area contributed by atoms with Crippen LogP contribution in [0.5, 0.6) is 0 Å². The average Bonchev–Trinajstić information content (AvgIpc) is 2.90. The highest BCUT2D eigenvalue weighted by molar-refractivity contribution is 6.21. The first-order valence-electron chi connectivity index (χ1n) is 14.1. The minimum absolute atomic E-state index is 0.0406. The summed E-state index contributed by atoms with van der Waals surface area (Å²) in [5.41, 5.74) is 1.03. The number of halogens is 2. The molecule has 0 unspecified atom stereocenters. The minimum Gasteiger partial charge on any atom is -0.378 e. The Hall–Kier alpha value is -3.77. The van der Waals surface area contributed by atoms with Crippen LogP contribution in [0.2, 0.25) is 0 Å². The number of fused-ring (bicyclic) bond motifs is 1. The number of ether oxygens (including phenoxy) is 1. The fourth-order valence-corrected chi connectivity index (χ4v) is 6.11. The average molecular weight is 568 g/mol. The van der Waals surface area contributed by atoms with Crippen LogP contribution in [0.25, 0.3) is 0 Å². The van der Waals surface area contributed by atoms with E-state index in [1.54, 1.807) is 17.0 Å². The van der Waals surface area contributed by atoms with E-state index in [0.29, 0.717) is 36.9 Å². The van der Waals surface area contributed by atoms with Crippen LogP contribution in [0.3, 0.4) is 0 Å². The number of benzene rings is 1. The molecule has 5 heterocycles. The second kappa shape index (κ2) is 10.9. The molecule has 12 heteroatoms. The highest BCUT2D eigenvalue weighted by atomic mass is 19.1. The largest absolute Gasteiger partial charge is 0.378 e. The second-order valence-electron chi connectivity index (χ2n) is 11.3. The molecule has 3 saturated heterocycles. The lowest BCUT2D eigenvalue weighted by Gasteiger charge is -2.46. The summed E-state index contributed by atoms with van der Waals surface area (Å²) >= 11 is 0. The molecule has 41 heavy (non-hydrogen) atoms. The number of hydrogen-bond donors (Lipinski definition) is 3. The summed E-state index contributed by atoms with van der Waals surface area (Å²) in [5.74, 6) is -1.62. The third-order valence-electron chi connectivity index (χ3n) is 8.60. The van der Waals surface area contributed by atoms with Crippen LogP contribution in [0.1, 0.15) is 37.0 Å². The van der Waals surface area contributed by atoms with E-state index in [9.17, 15) is 9.59 Å². The predicted molar refractivity (Wildman–Crippen MR) is 153 cm³/mol. The monoisotopic (exact) mass is 567 g/mol. The highest BCUT2D eigenvalue weighted by Gasteiger charge is 2.36. The van der Waals surface area contributed by atoms with E-state index in [4.69, 9.17) is 4.74 Å². The van der Waals surface area contributed by atoms with Gasteiger partial charge in [0.25, 0.3) is 5.91 Å². The van der Waals surface area contributed by atoms with Crippen molar-refractivity contribution in [2.75, 3.05) is 60.2 Å². The van der Waals surface area contributed by atoms with Crippen LogP contribution in [0, 0.1) is 11.6 Å². The zero-order chi connectivity index (χ0) is 28.8. The van der Waals surface area contributed by atoms with Crippen LogP contribution >= 0.6 is 0 Å². The number of anilines is 5. The molecule has 0 saturated carbocycles. The number of nitrogens with zero attached hydrogens (tertiary/aromatic N) is 4. The summed E-state index contributed by atoms with van der Waals surface area (Å²) in [7, 11) is 0. The van der Waals surface area contributed by atoms with Crippen molar-refractivity contribution in [3.05, 3.63) is 48.1 Å². The molecule has 1 aromatic heterocycles. The van der Waals surface area contributed by atoms with Crippen molar-refractivity contribution in [3.63, 3.8) is 0 Å². The lowest BCUT2D eigenvalue weighted by atomic mass is 9.99. The maximum Gasteiger partial charge on any atom is 0.261 e. The Labute approximate surface area is 237 Å². The van der Waals surface area contributed by atoms with E-state index in [-0.39, 0.29) is 46.9 Å². The standard InChI is InChI=1S/C29H35F2N7O3/c1-4-23(39)38-13-19(6-5-16(38)2)33-28-25(31)26-24(29(40)34-26)27(35-28)32-18-7-8-22(21(30)11-18)37-10-9-36(12-17(37)3)20-14-41-15-20/h4,7-8,11,16-17,19-20H,1,5-6,9-10,12-15H2,2-3H3,(H,34,40)(H2,32,33,35)/t16-,17-,19+/m0/s1. The van der Waals surface area contributed by atoms with Crippen LogP contribution in [-0.2, 0) is 9.53 Å². The first kappa shape index (κ1) is 27.4. The van der Waals surface area contributed by atoms with Crippen molar-refractivity contribution >= 4 is 40.5 Å². The molecule has 4 aliphatic rings. The molecule has 0 radical (unpaired) electrons. The highest BCUT2D eigenvalue weighted by Crippen LogP contribution is 2.39. The Morgan fingerprint density at radius 3 is 2.61 bits per heavy atom. The summed E-state index contributed by atoms with van der Waals surface area (Å²) in [6, 6.07) is 5.22. The number of amides is 2. The van der Waals surface area contributed by atoms with Gasteiger partial charge in [-0.2, -0.15) is 0 Å². The van der Waals surface area contributed by atoms with E-state index < -0.39 is 17.5 Å². The predicted octanol–water partition coefficient (Wildman–Crippen LogP) is 3.56. The minimum atomic E-state index is -0.673. The summed E-state index contributed by atoms with van der Waals surface area (Å²) in [5, 5.41) is 8.62. The third kappa shape index (κ3) is 5.10. The van der Waals surface area contributed by atoms with Crippen molar-refractivity contribution in [3.8, 4) is 0 Å². The summed E-state index contributed by atoms with van der Waals surface area (Å²) < 4.78 is 36.0. The molecule has 6 rings (SSSR count). The van der Waals surface area contributed by atoms with Crippen molar-refractivity contribution in [1.82, 2.24) is 14.8 Å². The number of carbonyl (C=O) groups is 2. The Kier molecular flexibility index (Phi) is 7.28. The van der Waals surface area contributed by atoms with Gasteiger partial charge >= 0.3 is 0 Å². The molecule has 3 atom stereocenters. The van der Waals surface area contributed by atoms with Crippen molar-refractivity contribution < 1.29 is 23.1 Å². The van der Waals surface area contributed by atoms with Gasteiger partial charge in [-0.05, 0) is 51.0 Å². The molecule has 3 fully saturated rings. The van der Waals surface area contributed by atoms with Crippen LogP contribution < -0.4 is 20.9 Å². The van der Waals surface area contributed by atoms with Gasteiger partial charge in [0, 0.05) is 50.0 Å². The zero-order valence-corrected chi connectivity index (χ0v) is 23.3. The Balaban J connectivity index is 1.19. The van der Waals surface area contributed by atoms with E-state index in [2.05, 4.69) is 44.2 Å². The first-order valence-corrected chi connectivity index (χ1v) is 14.1. The molecule has 4 aliphatic heterocycles. The molecular weight excluding hydrogens is 532 g/mol. The number of hydrogen-bond acceptors (Lipinski definition) is 8. The number of aromatic nitrogens is 1. The van der Waals surface area contributed by atoms with E-state index >= 15 is 8.78 Å². The van der Waals surface area contributed by atoms with Gasteiger partial charge in [0.2, 0.25) is 5.91 Å². The Bertz CT molecular complexity index is 1380. The van der Waals surface area contributed by atoms with Gasteiger partial charge in [-0.25, -0.2) is 13.8 Å². The molecule has 3 N–H and O–H groups in total. The van der Waals surface area contributed by atoms with Crippen molar-refractivity contribution in [2.45, 2.75) is 50.9 Å². The van der Waals surface area contributed by atoms with Crippen molar-refractivity contribution in [1.29, 1.82) is 0 Å². The quantitative estimate of drug-likeness (QED) is 0.437. The first-order chi connectivity index (χ1) is 19.7. The number of piperidine rings is 1. The molecule has 2 aromatic rings. The zero-order valence-electron chi connectivity index (χ0n) is 23.3. The number of carbonyl (C=O) groups excluding carboxylic acids is 2. The second-order valence-corrected chi connectivity index (χ2v) is 11.3. The van der Waals surface area contributed by atoms with Crippen LogP contribution in [-0.4, -0.2) is 90.2 Å². The van der Waals surface area contributed by atoms with Crippen LogP contribution in [0.4, 0.5) is 37.5 Å². The topological polar surface area (TPSA) is 102 Å². The van der Waals surface area contributed by atoms with Gasteiger partial charge in [-0.1, -0.05) is 6.58 Å². The maximum absolute atomic E-state index is 15.4. The SMILES string of the molecule is C=CC(=O)N1C[C@H](Nc2nc(Nc3ccc(N4CCN(C5COC5)C[C@@H]4C)c(F)c3)c3c(c2F)NC3=O)CC[C@@H]1C. The number of likely N-dealkylation sites (tertiary alicyclic amines) is 1. The molecule has 0 spiro atoms. The Morgan fingerprint density at radius 2 is 1.95 bits per heavy atom. The molecule has 10 nitrogen and oxygen atoms in total. The molecular formula is C29H35F2N7O3. The fourth-order valence-electron chi connectivity index (χ4n) is 6.11.